The van der Waals surface area contributed by atoms with Crippen molar-refractivity contribution >= 4 is 16.1 Å². The summed E-state index contributed by atoms with van der Waals surface area (Å²) in [5.41, 5.74) is 2.28. The molecular formula is C17H23N3O3S. The largest absolute Gasteiger partial charge is 0.388 e. The van der Waals surface area contributed by atoms with Crippen LogP contribution in [0.3, 0.4) is 0 Å². The molecule has 0 heterocycles. The number of nitrogens with one attached hydrogen (secondary N) is 2. The zero-order valence-electron chi connectivity index (χ0n) is 14.1. The van der Waals surface area contributed by atoms with Crippen LogP contribution in [-0.2, 0) is 10.2 Å². The van der Waals surface area contributed by atoms with Crippen LogP contribution in [0.1, 0.15) is 30.1 Å². The quantitative estimate of drug-likeness (QED) is 0.821. The molecule has 1 aliphatic carbocycles. The fourth-order valence-corrected chi connectivity index (χ4v) is 3.70. The van der Waals surface area contributed by atoms with Crippen LogP contribution in [0.15, 0.2) is 53.8 Å². The van der Waals surface area contributed by atoms with Crippen molar-refractivity contribution in [1.29, 1.82) is 0 Å². The first-order valence-corrected chi connectivity index (χ1v) is 9.26. The van der Waals surface area contributed by atoms with Gasteiger partial charge >= 0.3 is 10.2 Å². The van der Waals surface area contributed by atoms with Crippen LogP contribution < -0.4 is 10.0 Å². The first-order valence-electron chi connectivity index (χ1n) is 7.82. The van der Waals surface area contributed by atoms with Gasteiger partial charge in [-0.3, -0.25) is 4.79 Å². The molecule has 1 amide bonds. The maximum atomic E-state index is 12.6. The number of carbonyl (C=O) groups is 1. The summed E-state index contributed by atoms with van der Waals surface area (Å²) in [7, 11) is -0.608. The number of carbonyl (C=O) groups excluding carboxylic acids is 1. The summed E-state index contributed by atoms with van der Waals surface area (Å²) >= 11 is 0. The molecule has 1 unspecified atom stereocenters. The molecular weight excluding hydrogens is 326 g/mol. The summed E-state index contributed by atoms with van der Waals surface area (Å²) in [4.78, 5) is 12.1. The van der Waals surface area contributed by atoms with E-state index in [-0.39, 0.29) is 6.04 Å². The highest BCUT2D eigenvalue weighted by atomic mass is 32.2. The lowest BCUT2D eigenvalue weighted by molar-refractivity contribution is 0.0979. The van der Waals surface area contributed by atoms with Crippen molar-refractivity contribution in [3.8, 4) is 0 Å². The van der Waals surface area contributed by atoms with Crippen molar-refractivity contribution in [2.24, 2.45) is 0 Å². The predicted octanol–water partition coefficient (Wildman–Crippen LogP) is 1.80. The number of benzene rings is 1. The molecule has 1 aromatic carbocycles. The zero-order valence-corrected chi connectivity index (χ0v) is 14.9. The molecule has 0 fully saturated rings. The molecule has 2 rings (SSSR count). The van der Waals surface area contributed by atoms with E-state index in [1.54, 1.807) is 30.3 Å². The van der Waals surface area contributed by atoms with Crippen LogP contribution in [-0.4, -0.2) is 38.8 Å². The van der Waals surface area contributed by atoms with E-state index in [0.717, 1.165) is 17.7 Å². The van der Waals surface area contributed by atoms with Crippen molar-refractivity contribution in [3.05, 3.63) is 59.3 Å². The molecule has 2 N–H and O–H groups in total. The molecule has 1 atom stereocenters. The van der Waals surface area contributed by atoms with Crippen LogP contribution in [0.25, 0.3) is 0 Å². The monoisotopic (exact) mass is 349 g/mol. The van der Waals surface area contributed by atoms with Gasteiger partial charge in [-0.15, -0.1) is 0 Å². The van der Waals surface area contributed by atoms with Crippen molar-refractivity contribution in [2.45, 2.75) is 25.8 Å². The Balaban J connectivity index is 2.16. The Kier molecular flexibility index (Phi) is 5.80. The number of hydrogen-bond acceptors (Lipinski definition) is 4. The molecule has 0 spiro atoms. The highest BCUT2D eigenvalue weighted by Gasteiger charge is 2.30. The number of rotatable bonds is 6. The van der Waals surface area contributed by atoms with Crippen LogP contribution >= 0.6 is 0 Å². The first kappa shape index (κ1) is 18.2. The van der Waals surface area contributed by atoms with Gasteiger partial charge in [0.15, 0.2) is 0 Å². The maximum absolute atomic E-state index is 12.6. The Morgan fingerprint density at radius 3 is 2.54 bits per heavy atom. The number of allylic oxidation sites excluding steroid dienone is 1. The van der Waals surface area contributed by atoms with Gasteiger partial charge in [0.2, 0.25) is 0 Å². The average molecular weight is 349 g/mol. The van der Waals surface area contributed by atoms with Gasteiger partial charge in [-0.05, 0) is 36.6 Å². The van der Waals surface area contributed by atoms with E-state index < -0.39 is 16.1 Å². The average Bonchev–Trinajstić information content (AvgIpc) is 2.60. The smallest absolute Gasteiger partial charge is 0.304 e. The van der Waals surface area contributed by atoms with E-state index in [9.17, 15) is 13.2 Å². The minimum atomic E-state index is -3.93. The van der Waals surface area contributed by atoms with Gasteiger partial charge in [-0.1, -0.05) is 31.2 Å². The van der Waals surface area contributed by atoms with E-state index in [4.69, 9.17) is 0 Å². The van der Waals surface area contributed by atoms with Crippen LogP contribution in [0, 0.1) is 0 Å². The third-order valence-electron chi connectivity index (χ3n) is 4.10. The standard InChI is InChI=1S/C17H23N3O3S/c1-4-13-12-15(18-2)10-11-16(13)20(3)24(22,23)19-17(21)14-8-6-5-7-9-14/h5-10,12,16,18H,4,11H2,1-3H3,(H,19,21). The summed E-state index contributed by atoms with van der Waals surface area (Å²) < 4.78 is 28.5. The van der Waals surface area contributed by atoms with Gasteiger partial charge in [-0.2, -0.15) is 12.7 Å². The second kappa shape index (κ2) is 7.63. The summed E-state index contributed by atoms with van der Waals surface area (Å²) in [5.74, 6) is -0.633. The second-order valence-electron chi connectivity index (χ2n) is 5.55. The Morgan fingerprint density at radius 1 is 1.29 bits per heavy atom. The van der Waals surface area contributed by atoms with Gasteiger partial charge in [0, 0.05) is 25.4 Å². The van der Waals surface area contributed by atoms with E-state index in [2.05, 4.69) is 10.0 Å². The normalized spacial score (nSPS) is 17.9. The minimum Gasteiger partial charge on any atom is -0.388 e. The van der Waals surface area contributed by atoms with Gasteiger partial charge in [0.25, 0.3) is 5.91 Å². The summed E-state index contributed by atoms with van der Waals surface area (Å²) in [5, 5.41) is 3.07. The van der Waals surface area contributed by atoms with Gasteiger partial charge < -0.3 is 5.32 Å². The maximum Gasteiger partial charge on any atom is 0.304 e. The molecule has 1 aliphatic rings. The second-order valence-corrected chi connectivity index (χ2v) is 7.28. The van der Waals surface area contributed by atoms with Crippen molar-refractivity contribution in [2.75, 3.05) is 14.1 Å². The number of nitrogens with zero attached hydrogens (tertiary/aromatic N) is 1. The molecule has 0 aliphatic heterocycles. The van der Waals surface area contributed by atoms with E-state index in [1.807, 2.05) is 26.1 Å². The van der Waals surface area contributed by atoms with Crippen LogP contribution in [0.5, 0.6) is 0 Å². The Bertz CT molecular complexity index is 755. The lowest BCUT2D eigenvalue weighted by atomic mass is 9.95. The molecule has 0 saturated carbocycles. The fourth-order valence-electron chi connectivity index (χ4n) is 2.64. The molecule has 0 radical (unpaired) electrons. The molecule has 0 bridgehead atoms. The minimum absolute atomic E-state index is 0.298. The summed E-state index contributed by atoms with van der Waals surface area (Å²) in [6.45, 7) is 1.99. The van der Waals surface area contributed by atoms with E-state index in [0.29, 0.717) is 12.0 Å². The zero-order chi connectivity index (χ0) is 17.7. The van der Waals surface area contributed by atoms with Crippen molar-refractivity contribution in [1.82, 2.24) is 14.3 Å². The Labute approximate surface area is 143 Å². The van der Waals surface area contributed by atoms with E-state index in [1.165, 1.54) is 11.4 Å². The van der Waals surface area contributed by atoms with Gasteiger partial charge in [0.1, 0.15) is 0 Å². The van der Waals surface area contributed by atoms with Crippen molar-refractivity contribution < 1.29 is 13.2 Å². The third kappa shape index (κ3) is 4.04. The summed E-state index contributed by atoms with van der Waals surface area (Å²) in [6, 6.07) is 8.00. The third-order valence-corrected chi connectivity index (χ3v) is 5.56. The SMILES string of the molecule is CCC1=CC(NC)=CCC1N(C)S(=O)(=O)NC(=O)c1ccccc1. The molecule has 130 valence electrons. The topological polar surface area (TPSA) is 78.5 Å². The molecule has 0 saturated heterocycles. The van der Waals surface area contributed by atoms with Crippen molar-refractivity contribution in [3.63, 3.8) is 0 Å². The molecule has 0 aromatic heterocycles. The molecule has 24 heavy (non-hydrogen) atoms. The number of likely N-dealkylation sites (N-methyl/N-ethyl adjacent to an activating group) is 2. The Hall–Kier alpha value is -2.12. The number of amides is 1. The highest BCUT2D eigenvalue weighted by Crippen LogP contribution is 2.25. The Morgan fingerprint density at radius 2 is 1.96 bits per heavy atom. The van der Waals surface area contributed by atoms with E-state index >= 15 is 0 Å². The lowest BCUT2D eigenvalue weighted by Crippen LogP contribution is -2.47. The summed E-state index contributed by atoms with van der Waals surface area (Å²) in [6.07, 6.45) is 5.21. The van der Waals surface area contributed by atoms with Crippen LogP contribution in [0.4, 0.5) is 0 Å². The first-order chi connectivity index (χ1) is 11.4. The highest BCUT2D eigenvalue weighted by molar-refractivity contribution is 7.87. The lowest BCUT2D eigenvalue weighted by Gasteiger charge is -2.31. The van der Waals surface area contributed by atoms with Crippen LogP contribution in [0.2, 0.25) is 0 Å². The van der Waals surface area contributed by atoms with Gasteiger partial charge in [-0.25, -0.2) is 4.72 Å². The number of hydrogen-bond donors (Lipinski definition) is 2. The molecule has 7 heteroatoms. The predicted molar refractivity (Wildman–Crippen MR) is 94.5 cm³/mol. The fraction of sp³-hybridized carbons (Fsp3) is 0.353. The molecule has 6 nitrogen and oxygen atoms in total. The van der Waals surface area contributed by atoms with Gasteiger partial charge in [0.05, 0.1) is 6.04 Å². The molecule has 1 aromatic rings.